The summed E-state index contributed by atoms with van der Waals surface area (Å²) in [6.45, 7) is 0.524. The second-order valence-electron chi connectivity index (χ2n) is 12.2. The Morgan fingerprint density at radius 1 is 0.902 bits per heavy atom. The van der Waals surface area contributed by atoms with Gasteiger partial charge in [-0.1, -0.05) is 60.7 Å². The molecule has 0 saturated carbocycles. The number of nitrogens with zero attached hydrogens (tertiary/aromatic N) is 4. The van der Waals surface area contributed by atoms with Crippen LogP contribution in [0.5, 0.6) is 0 Å². The van der Waals surface area contributed by atoms with Crippen LogP contribution in [0.4, 0.5) is 22.0 Å². The predicted molar refractivity (Wildman–Crippen MR) is 188 cm³/mol. The van der Waals surface area contributed by atoms with Gasteiger partial charge in [-0.3, -0.25) is 9.59 Å². The summed E-state index contributed by atoms with van der Waals surface area (Å²) in [6.07, 6.45) is 0.474. The number of amides is 1. The van der Waals surface area contributed by atoms with Crippen LogP contribution in [-0.4, -0.2) is 31.5 Å². The first-order valence-corrected chi connectivity index (χ1v) is 17.1. The van der Waals surface area contributed by atoms with Gasteiger partial charge in [-0.25, -0.2) is 13.8 Å². The van der Waals surface area contributed by atoms with Gasteiger partial charge in [0.25, 0.3) is 0 Å². The molecule has 4 aromatic carbocycles. The molecule has 0 radical (unpaired) electrons. The Morgan fingerprint density at radius 3 is 2.29 bits per heavy atom. The van der Waals surface area contributed by atoms with E-state index in [0.29, 0.717) is 40.9 Å². The average Bonchev–Trinajstić information content (AvgIpc) is 3.54. The van der Waals surface area contributed by atoms with Crippen molar-refractivity contribution >= 4 is 28.6 Å². The van der Waals surface area contributed by atoms with E-state index in [1.54, 1.807) is 40.1 Å². The highest BCUT2D eigenvalue weighted by atomic mass is 32.2. The van der Waals surface area contributed by atoms with Crippen molar-refractivity contribution in [3.63, 3.8) is 0 Å². The van der Waals surface area contributed by atoms with Gasteiger partial charge >= 0.3 is 6.18 Å². The third kappa shape index (κ3) is 8.57. The lowest BCUT2D eigenvalue weighted by atomic mass is 10.0. The number of para-hydroxylation sites is 1. The first-order chi connectivity index (χ1) is 24.5. The highest BCUT2D eigenvalue weighted by Crippen LogP contribution is 2.31. The fraction of sp³-hybridized carbons (Fsp3) is 0.205. The second kappa shape index (κ2) is 15.3. The van der Waals surface area contributed by atoms with Crippen LogP contribution in [0.25, 0.3) is 22.0 Å². The van der Waals surface area contributed by atoms with E-state index in [0.717, 1.165) is 46.8 Å². The Labute approximate surface area is 295 Å². The van der Waals surface area contributed by atoms with Gasteiger partial charge in [0.05, 0.1) is 28.1 Å². The van der Waals surface area contributed by atoms with Crippen LogP contribution in [0.1, 0.15) is 28.8 Å². The number of halogens is 5. The number of aryl methyl sites for hydroxylation is 2. The maximum absolute atomic E-state index is 14.5. The molecule has 0 saturated heterocycles. The van der Waals surface area contributed by atoms with Crippen molar-refractivity contribution in [1.82, 2.24) is 19.0 Å². The van der Waals surface area contributed by atoms with E-state index in [4.69, 9.17) is 0 Å². The van der Waals surface area contributed by atoms with E-state index >= 15 is 0 Å². The number of benzene rings is 4. The van der Waals surface area contributed by atoms with Gasteiger partial charge in [-0.15, -0.1) is 11.8 Å². The van der Waals surface area contributed by atoms with Crippen molar-refractivity contribution in [2.75, 3.05) is 6.54 Å². The van der Waals surface area contributed by atoms with Crippen LogP contribution < -0.4 is 5.43 Å². The normalized spacial score (nSPS) is 11.6. The molecule has 51 heavy (non-hydrogen) atoms. The van der Waals surface area contributed by atoms with Crippen LogP contribution in [0.15, 0.2) is 119 Å². The Kier molecular flexibility index (Phi) is 10.7. The second-order valence-corrected chi connectivity index (χ2v) is 13.2. The lowest BCUT2D eigenvalue weighted by molar-refractivity contribution is -0.137. The molecule has 2 heterocycles. The largest absolute Gasteiger partial charge is 0.416 e. The highest BCUT2D eigenvalue weighted by molar-refractivity contribution is 7.98. The van der Waals surface area contributed by atoms with E-state index in [1.165, 1.54) is 30.3 Å². The summed E-state index contributed by atoms with van der Waals surface area (Å²) in [5.41, 5.74) is 2.77. The SMILES string of the molecule is Cn1cnc(CCCN(Cc2ccc(-c3ccc(C(F)(F)F)cc3)cc2)C(=O)Cn2c(SCc3cccc(F)c3F)cc(=O)c3ccccc32)c1. The van der Waals surface area contributed by atoms with Crippen molar-refractivity contribution in [1.29, 1.82) is 0 Å². The van der Waals surface area contributed by atoms with Crippen molar-refractivity contribution in [2.45, 2.75) is 42.9 Å². The number of carbonyl (C=O) groups excluding carboxylic acids is 1. The summed E-state index contributed by atoms with van der Waals surface area (Å²) in [4.78, 5) is 33.4. The molecule has 0 unspecified atom stereocenters. The molecule has 1 amide bonds. The van der Waals surface area contributed by atoms with Crippen LogP contribution >= 0.6 is 11.8 Å². The molecule has 6 aromatic rings. The number of hydrogen-bond donors (Lipinski definition) is 0. The molecule has 6 nitrogen and oxygen atoms in total. The van der Waals surface area contributed by atoms with Crippen LogP contribution in [0.2, 0.25) is 0 Å². The van der Waals surface area contributed by atoms with Crippen molar-refractivity contribution < 1.29 is 26.7 Å². The highest BCUT2D eigenvalue weighted by Gasteiger charge is 2.30. The minimum Gasteiger partial charge on any atom is -0.340 e. The molecule has 0 N–H and O–H groups in total. The molecule has 0 spiro atoms. The maximum atomic E-state index is 14.5. The molecule has 12 heteroatoms. The number of rotatable bonds is 12. The Bertz CT molecular complexity index is 2210. The molecule has 6 rings (SSSR count). The zero-order valence-corrected chi connectivity index (χ0v) is 28.4. The molecule has 0 atom stereocenters. The molecule has 262 valence electrons. The zero-order chi connectivity index (χ0) is 36.1. The van der Waals surface area contributed by atoms with Gasteiger partial charge in [0.15, 0.2) is 17.1 Å². The molecular weight excluding hydrogens is 684 g/mol. The molecule has 0 fully saturated rings. The van der Waals surface area contributed by atoms with Crippen LogP contribution in [-0.2, 0) is 43.3 Å². The number of fused-ring (bicyclic) bond motifs is 1. The van der Waals surface area contributed by atoms with Crippen LogP contribution in [0.3, 0.4) is 0 Å². The summed E-state index contributed by atoms with van der Waals surface area (Å²) in [7, 11) is 1.88. The summed E-state index contributed by atoms with van der Waals surface area (Å²) < 4.78 is 71.2. The lowest BCUT2D eigenvalue weighted by Gasteiger charge is -2.25. The minimum absolute atomic E-state index is 0.0363. The maximum Gasteiger partial charge on any atom is 0.416 e. The average molecular weight is 717 g/mol. The predicted octanol–water partition coefficient (Wildman–Crippen LogP) is 8.65. The van der Waals surface area contributed by atoms with E-state index in [-0.39, 0.29) is 35.7 Å². The van der Waals surface area contributed by atoms with Gasteiger partial charge in [0, 0.05) is 49.1 Å². The van der Waals surface area contributed by atoms with E-state index < -0.39 is 23.4 Å². The Balaban J connectivity index is 1.26. The van der Waals surface area contributed by atoms with E-state index in [1.807, 2.05) is 42.1 Å². The Hall–Kier alpha value is -5.23. The summed E-state index contributed by atoms with van der Waals surface area (Å²) in [5, 5.41) is 0.859. The van der Waals surface area contributed by atoms with Crippen LogP contribution in [0, 0.1) is 11.6 Å². The molecule has 0 aliphatic heterocycles. The van der Waals surface area contributed by atoms with Crippen molar-refractivity contribution in [3.05, 3.63) is 154 Å². The molecule has 0 aliphatic carbocycles. The number of aromatic nitrogens is 3. The molecule has 0 aliphatic rings. The molecule has 2 aromatic heterocycles. The summed E-state index contributed by atoms with van der Waals surface area (Å²) in [6, 6.07) is 24.6. The lowest BCUT2D eigenvalue weighted by Crippen LogP contribution is -2.35. The number of thioether (sulfide) groups is 1. The summed E-state index contributed by atoms with van der Waals surface area (Å²) >= 11 is 1.14. The first-order valence-electron chi connectivity index (χ1n) is 16.2. The standard InChI is InChI=1S/C39H33F5N4O2S/c1-46-22-31(45-25-46)7-5-19-47(21-26-11-13-27(14-12-26)28-15-17-30(18-16-28)39(42,43)44)36(50)23-48-34-10-3-2-8-32(34)35(49)20-37(48)51-24-29-6-4-9-33(40)38(29)41/h2-4,6,8-18,20,22,25H,5,7,19,21,23-24H2,1H3. The van der Waals surface area contributed by atoms with E-state index in [9.17, 15) is 31.5 Å². The van der Waals surface area contributed by atoms with Gasteiger partial charge < -0.3 is 14.0 Å². The van der Waals surface area contributed by atoms with Gasteiger partial charge in [-0.2, -0.15) is 13.2 Å². The minimum atomic E-state index is -4.42. The fourth-order valence-electron chi connectivity index (χ4n) is 5.85. The first kappa shape index (κ1) is 35.6. The van der Waals surface area contributed by atoms with E-state index in [2.05, 4.69) is 4.98 Å². The molecule has 0 bridgehead atoms. The smallest absolute Gasteiger partial charge is 0.340 e. The molecular formula is C39H33F5N4O2S. The monoisotopic (exact) mass is 716 g/mol. The number of carbonyl (C=O) groups is 1. The van der Waals surface area contributed by atoms with Gasteiger partial charge in [0.2, 0.25) is 5.91 Å². The summed E-state index contributed by atoms with van der Waals surface area (Å²) in [5.74, 6) is -2.11. The van der Waals surface area contributed by atoms with Crippen molar-refractivity contribution in [2.24, 2.45) is 7.05 Å². The Morgan fingerprint density at radius 2 is 1.61 bits per heavy atom. The third-order valence-electron chi connectivity index (χ3n) is 8.53. The fourth-order valence-corrected chi connectivity index (χ4v) is 6.88. The van der Waals surface area contributed by atoms with Gasteiger partial charge in [0.1, 0.15) is 6.54 Å². The van der Waals surface area contributed by atoms with Crippen molar-refractivity contribution in [3.8, 4) is 11.1 Å². The number of imidazole rings is 1. The quantitative estimate of drug-likeness (QED) is 0.0940. The topological polar surface area (TPSA) is 60.1 Å². The zero-order valence-electron chi connectivity index (χ0n) is 27.5. The number of hydrogen-bond acceptors (Lipinski definition) is 4. The number of pyridine rings is 1. The number of alkyl halides is 3. The third-order valence-corrected chi connectivity index (χ3v) is 9.62. The van der Waals surface area contributed by atoms with Gasteiger partial charge in [-0.05, 0) is 59.9 Å².